The molecule has 46 heavy (non-hydrogen) atoms. The van der Waals surface area contributed by atoms with Gasteiger partial charge < -0.3 is 20.3 Å². The van der Waals surface area contributed by atoms with Crippen molar-refractivity contribution in [2.75, 3.05) is 26.0 Å². The molecule has 238 valence electrons. The van der Waals surface area contributed by atoms with Crippen molar-refractivity contribution in [2.24, 2.45) is 0 Å². The second-order valence-corrected chi connectivity index (χ2v) is 10.7. The summed E-state index contributed by atoms with van der Waals surface area (Å²) in [7, 11) is 3.08. The second kappa shape index (κ2) is 14.6. The zero-order valence-corrected chi connectivity index (χ0v) is 25.4. The lowest BCUT2D eigenvalue weighted by atomic mass is 9.97. The molecule has 3 amide bonds. The van der Waals surface area contributed by atoms with Crippen LogP contribution in [-0.4, -0.2) is 49.3 Å². The van der Waals surface area contributed by atoms with Crippen molar-refractivity contribution in [3.63, 3.8) is 0 Å². The first kappa shape index (κ1) is 33.4. The number of carbonyl (C=O) groups is 4. The Morgan fingerprint density at radius 3 is 2.11 bits per heavy atom. The molecular formula is C35H32F3N3O5. The largest absolute Gasteiger partial charge is 0.463 e. The molecular weight excluding hydrogens is 599 g/mol. The van der Waals surface area contributed by atoms with E-state index >= 15 is 0 Å². The van der Waals surface area contributed by atoms with Gasteiger partial charge in [0.05, 0.1) is 29.3 Å². The van der Waals surface area contributed by atoms with Crippen molar-refractivity contribution in [1.82, 2.24) is 10.2 Å². The summed E-state index contributed by atoms with van der Waals surface area (Å²) in [5, 5.41) is 5.50. The van der Waals surface area contributed by atoms with E-state index in [-0.39, 0.29) is 35.7 Å². The predicted molar refractivity (Wildman–Crippen MR) is 167 cm³/mol. The number of nitrogens with one attached hydrogen (secondary N) is 2. The molecule has 2 N–H and O–H groups in total. The maximum atomic E-state index is 13.5. The molecule has 8 nitrogen and oxygen atoms in total. The van der Waals surface area contributed by atoms with E-state index < -0.39 is 35.6 Å². The van der Waals surface area contributed by atoms with Crippen molar-refractivity contribution in [3.05, 3.63) is 125 Å². The Hall–Kier alpha value is -5.45. The average molecular weight is 632 g/mol. The zero-order valence-electron chi connectivity index (χ0n) is 25.4. The van der Waals surface area contributed by atoms with Crippen LogP contribution in [0.1, 0.15) is 50.4 Å². The van der Waals surface area contributed by atoms with Crippen LogP contribution in [-0.2, 0) is 26.9 Å². The number of hydrogen-bond donors (Lipinski definition) is 2. The summed E-state index contributed by atoms with van der Waals surface area (Å²) < 4.78 is 44.7. The number of esters is 1. The lowest BCUT2D eigenvalue weighted by Crippen LogP contribution is -2.30. The number of hydrogen-bond acceptors (Lipinski definition) is 5. The monoisotopic (exact) mass is 631 g/mol. The SMILES string of the molecule is CC(=O)N[C@H](COC(=O)Cc1ccc(NC(=O)c2ccccc2-c2ccc(C(F)(F)F)cc2)c(C(=O)N(C)C)c1)c1ccccc1. The van der Waals surface area contributed by atoms with E-state index in [0.29, 0.717) is 16.7 Å². The van der Waals surface area contributed by atoms with Gasteiger partial charge in [-0.05, 0) is 52.6 Å². The minimum atomic E-state index is -4.50. The van der Waals surface area contributed by atoms with Gasteiger partial charge in [0.2, 0.25) is 5.91 Å². The topological polar surface area (TPSA) is 105 Å². The van der Waals surface area contributed by atoms with E-state index in [1.54, 1.807) is 38.4 Å². The maximum absolute atomic E-state index is 13.5. The van der Waals surface area contributed by atoms with E-state index in [1.807, 2.05) is 30.3 Å². The fourth-order valence-electron chi connectivity index (χ4n) is 4.74. The summed E-state index contributed by atoms with van der Waals surface area (Å²) >= 11 is 0. The highest BCUT2D eigenvalue weighted by molar-refractivity contribution is 6.11. The Kier molecular flexibility index (Phi) is 10.6. The Balaban J connectivity index is 1.53. The summed E-state index contributed by atoms with van der Waals surface area (Å²) in [6.07, 6.45) is -4.68. The third-order valence-corrected chi connectivity index (χ3v) is 7.00. The first-order chi connectivity index (χ1) is 21.8. The van der Waals surface area contributed by atoms with Gasteiger partial charge in [0, 0.05) is 26.6 Å². The lowest BCUT2D eigenvalue weighted by Gasteiger charge is -2.19. The Morgan fingerprint density at radius 2 is 1.48 bits per heavy atom. The molecule has 0 spiro atoms. The molecule has 0 unspecified atom stereocenters. The molecule has 0 aliphatic carbocycles. The lowest BCUT2D eigenvalue weighted by molar-refractivity contribution is -0.144. The number of rotatable bonds is 10. The first-order valence-electron chi connectivity index (χ1n) is 14.2. The van der Waals surface area contributed by atoms with Gasteiger partial charge in [-0.3, -0.25) is 19.2 Å². The van der Waals surface area contributed by atoms with Crippen LogP contribution in [0.25, 0.3) is 11.1 Å². The normalized spacial score (nSPS) is 11.7. The Bertz CT molecular complexity index is 1720. The van der Waals surface area contributed by atoms with Gasteiger partial charge >= 0.3 is 12.1 Å². The van der Waals surface area contributed by atoms with Crippen molar-refractivity contribution in [2.45, 2.75) is 25.6 Å². The molecule has 11 heteroatoms. The van der Waals surface area contributed by atoms with Gasteiger partial charge in [-0.15, -0.1) is 0 Å². The highest BCUT2D eigenvalue weighted by Gasteiger charge is 2.30. The van der Waals surface area contributed by atoms with Crippen LogP contribution >= 0.6 is 0 Å². The molecule has 0 aliphatic heterocycles. The summed E-state index contributed by atoms with van der Waals surface area (Å²) in [6, 6.07) is 24.0. The standard InChI is InChI=1S/C35H32F3N3O5/c1-22(42)39-31(25-9-5-4-6-10-25)21-46-32(43)20-23-13-18-30(29(19-23)34(45)41(2)3)40-33(44)28-12-8-7-11-27(28)24-14-16-26(17-15-24)35(36,37)38/h4-19,31H,20-21H2,1-3H3,(H,39,42)(H,40,44)/t31-/m1/s1. The minimum absolute atomic E-state index is 0.0988. The van der Waals surface area contributed by atoms with Crippen molar-refractivity contribution in [1.29, 1.82) is 0 Å². The molecule has 0 fully saturated rings. The Labute approximate surface area is 264 Å². The summed E-state index contributed by atoms with van der Waals surface area (Å²) in [4.78, 5) is 52.4. The predicted octanol–water partition coefficient (Wildman–Crippen LogP) is 6.29. The van der Waals surface area contributed by atoms with Crippen LogP contribution in [0.5, 0.6) is 0 Å². The van der Waals surface area contributed by atoms with Crippen molar-refractivity contribution in [3.8, 4) is 11.1 Å². The molecule has 4 rings (SSSR count). The summed E-state index contributed by atoms with van der Waals surface area (Å²) in [5.74, 6) is -1.88. The minimum Gasteiger partial charge on any atom is -0.463 e. The molecule has 0 heterocycles. The van der Waals surface area contributed by atoms with Crippen molar-refractivity contribution >= 4 is 29.4 Å². The van der Waals surface area contributed by atoms with Crippen LogP contribution in [0, 0.1) is 0 Å². The number of nitrogens with zero attached hydrogens (tertiary/aromatic N) is 1. The van der Waals surface area contributed by atoms with Gasteiger partial charge in [0.15, 0.2) is 0 Å². The number of halogens is 3. The third kappa shape index (κ3) is 8.59. The van der Waals surface area contributed by atoms with Crippen LogP contribution in [0.3, 0.4) is 0 Å². The van der Waals surface area contributed by atoms with Gasteiger partial charge in [0.25, 0.3) is 11.8 Å². The van der Waals surface area contributed by atoms with Crippen LogP contribution < -0.4 is 10.6 Å². The Morgan fingerprint density at radius 1 is 0.826 bits per heavy atom. The van der Waals surface area contributed by atoms with Gasteiger partial charge in [-0.1, -0.05) is 66.7 Å². The molecule has 0 saturated carbocycles. The van der Waals surface area contributed by atoms with Crippen molar-refractivity contribution < 1.29 is 37.1 Å². The van der Waals surface area contributed by atoms with E-state index in [9.17, 15) is 32.3 Å². The fourth-order valence-corrected chi connectivity index (χ4v) is 4.74. The number of carbonyl (C=O) groups excluding carboxylic acids is 4. The maximum Gasteiger partial charge on any atom is 0.416 e. The van der Waals surface area contributed by atoms with Crippen LogP contribution in [0.4, 0.5) is 18.9 Å². The van der Waals surface area contributed by atoms with E-state index in [2.05, 4.69) is 10.6 Å². The molecule has 0 radical (unpaired) electrons. The third-order valence-electron chi connectivity index (χ3n) is 7.00. The molecule has 0 aromatic heterocycles. The fraction of sp³-hybridized carbons (Fsp3) is 0.200. The molecule has 0 saturated heterocycles. The quantitative estimate of drug-likeness (QED) is 0.200. The number of benzene rings is 4. The van der Waals surface area contributed by atoms with Crippen LogP contribution in [0.2, 0.25) is 0 Å². The van der Waals surface area contributed by atoms with E-state index in [1.165, 1.54) is 42.2 Å². The van der Waals surface area contributed by atoms with Gasteiger partial charge in [-0.25, -0.2) is 0 Å². The summed E-state index contributed by atoms with van der Waals surface area (Å²) in [6.45, 7) is 1.27. The molecule has 4 aromatic rings. The average Bonchev–Trinajstić information content (AvgIpc) is 3.03. The number of amides is 3. The number of anilines is 1. The van der Waals surface area contributed by atoms with Gasteiger partial charge in [0.1, 0.15) is 6.61 Å². The van der Waals surface area contributed by atoms with Gasteiger partial charge in [-0.2, -0.15) is 13.2 Å². The molecule has 1 atom stereocenters. The molecule has 0 bridgehead atoms. The van der Waals surface area contributed by atoms with E-state index in [4.69, 9.17) is 4.74 Å². The van der Waals surface area contributed by atoms with E-state index in [0.717, 1.165) is 17.7 Å². The first-order valence-corrected chi connectivity index (χ1v) is 14.2. The molecule has 4 aromatic carbocycles. The smallest absolute Gasteiger partial charge is 0.416 e. The summed E-state index contributed by atoms with van der Waals surface area (Å²) in [5.41, 5.74) is 1.71. The number of ether oxygens (including phenoxy) is 1. The zero-order chi connectivity index (χ0) is 33.4. The second-order valence-electron chi connectivity index (χ2n) is 10.7. The highest BCUT2D eigenvalue weighted by Crippen LogP contribution is 2.32. The number of alkyl halides is 3. The van der Waals surface area contributed by atoms with Crippen LogP contribution in [0.15, 0.2) is 97.1 Å². The molecule has 0 aliphatic rings. The highest BCUT2D eigenvalue weighted by atomic mass is 19.4.